The van der Waals surface area contributed by atoms with E-state index < -0.39 is 5.97 Å². The first kappa shape index (κ1) is 12.4. The number of methoxy groups -OCH3 is 1. The lowest BCUT2D eigenvalue weighted by molar-refractivity contribution is -0.138. The predicted octanol–water partition coefficient (Wildman–Crippen LogP) is 0.818. The maximum Gasteiger partial charge on any atom is 0.304 e. The minimum Gasteiger partial charge on any atom is -0.481 e. The number of nitrogens with zero attached hydrogens (tertiary/aromatic N) is 1. The van der Waals surface area contributed by atoms with Crippen LogP contribution in [0.1, 0.15) is 19.8 Å². The van der Waals surface area contributed by atoms with Gasteiger partial charge in [0.15, 0.2) is 0 Å². The molecular formula is C9H19NO3. The molecule has 4 nitrogen and oxygen atoms in total. The lowest BCUT2D eigenvalue weighted by Crippen LogP contribution is -2.35. The van der Waals surface area contributed by atoms with Gasteiger partial charge < -0.3 is 14.7 Å². The number of hydrogen-bond acceptors (Lipinski definition) is 3. The summed E-state index contributed by atoms with van der Waals surface area (Å²) in [6, 6.07) is 0.118. The molecule has 0 rings (SSSR count). The molecule has 0 aromatic carbocycles. The van der Waals surface area contributed by atoms with Gasteiger partial charge in [-0.15, -0.1) is 0 Å². The van der Waals surface area contributed by atoms with Gasteiger partial charge in [0, 0.05) is 19.7 Å². The lowest BCUT2D eigenvalue weighted by Gasteiger charge is -2.25. The van der Waals surface area contributed by atoms with Gasteiger partial charge in [0.25, 0.3) is 0 Å². The minimum absolute atomic E-state index is 0.118. The molecule has 0 aromatic heterocycles. The molecule has 0 aliphatic carbocycles. The average molecular weight is 189 g/mol. The highest BCUT2D eigenvalue weighted by Gasteiger charge is 2.15. The van der Waals surface area contributed by atoms with Gasteiger partial charge in [0.2, 0.25) is 0 Å². The smallest absolute Gasteiger partial charge is 0.304 e. The molecule has 0 heterocycles. The van der Waals surface area contributed by atoms with Crippen molar-refractivity contribution in [1.29, 1.82) is 0 Å². The van der Waals surface area contributed by atoms with E-state index in [1.54, 1.807) is 7.11 Å². The molecule has 1 N–H and O–H groups in total. The normalized spacial score (nSPS) is 13.2. The number of likely N-dealkylation sites (N-methyl/N-ethyl adjacent to an activating group) is 1. The molecule has 78 valence electrons. The van der Waals surface area contributed by atoms with Crippen LogP contribution < -0.4 is 0 Å². The summed E-state index contributed by atoms with van der Waals surface area (Å²) in [7, 11) is 3.57. The number of hydrogen-bond donors (Lipinski definition) is 1. The number of ether oxygens (including phenoxy) is 1. The summed E-state index contributed by atoms with van der Waals surface area (Å²) in [5.41, 5.74) is 0. The van der Waals surface area contributed by atoms with Gasteiger partial charge in [-0.05, 0) is 13.5 Å². The highest BCUT2D eigenvalue weighted by atomic mass is 16.5. The van der Waals surface area contributed by atoms with Crippen LogP contribution in [0, 0.1) is 0 Å². The molecule has 0 saturated carbocycles. The fourth-order valence-corrected chi connectivity index (χ4v) is 1.23. The fraction of sp³-hybridized carbons (Fsp3) is 0.889. The van der Waals surface area contributed by atoms with E-state index in [0.29, 0.717) is 6.61 Å². The molecule has 13 heavy (non-hydrogen) atoms. The summed E-state index contributed by atoms with van der Waals surface area (Å²) >= 11 is 0. The predicted molar refractivity (Wildman–Crippen MR) is 50.8 cm³/mol. The molecule has 1 unspecified atom stereocenters. The van der Waals surface area contributed by atoms with Crippen LogP contribution in [0.25, 0.3) is 0 Å². The van der Waals surface area contributed by atoms with Crippen LogP contribution in [0.5, 0.6) is 0 Å². The summed E-state index contributed by atoms with van der Waals surface area (Å²) in [5.74, 6) is -0.740. The maximum atomic E-state index is 10.5. The molecule has 0 amide bonds. The molecule has 1 atom stereocenters. The van der Waals surface area contributed by atoms with E-state index >= 15 is 0 Å². The van der Waals surface area contributed by atoms with E-state index in [1.807, 2.05) is 18.9 Å². The summed E-state index contributed by atoms with van der Waals surface area (Å²) in [6.45, 7) is 3.42. The number of carbonyl (C=O) groups is 1. The molecule has 0 saturated heterocycles. The van der Waals surface area contributed by atoms with Crippen molar-refractivity contribution in [2.45, 2.75) is 25.8 Å². The van der Waals surface area contributed by atoms with Gasteiger partial charge in [-0.3, -0.25) is 4.79 Å². The van der Waals surface area contributed by atoms with E-state index in [0.717, 1.165) is 13.0 Å². The van der Waals surface area contributed by atoms with Crippen LogP contribution in [0.4, 0.5) is 0 Å². The van der Waals surface area contributed by atoms with Gasteiger partial charge in [-0.1, -0.05) is 6.92 Å². The molecule has 4 heteroatoms. The van der Waals surface area contributed by atoms with Crippen LogP contribution >= 0.6 is 0 Å². The van der Waals surface area contributed by atoms with Crippen LogP contribution in [0.15, 0.2) is 0 Å². The Hall–Kier alpha value is -0.610. The van der Waals surface area contributed by atoms with Crippen LogP contribution in [-0.2, 0) is 9.53 Å². The highest BCUT2D eigenvalue weighted by molar-refractivity contribution is 5.67. The third kappa shape index (κ3) is 5.60. The van der Waals surface area contributed by atoms with Crippen molar-refractivity contribution >= 4 is 5.97 Å². The third-order valence-electron chi connectivity index (χ3n) is 2.15. The molecular weight excluding hydrogens is 170 g/mol. The molecule has 0 aliphatic rings. The Morgan fingerprint density at radius 3 is 2.62 bits per heavy atom. The molecule has 0 aliphatic heterocycles. The van der Waals surface area contributed by atoms with Crippen LogP contribution in [0.3, 0.4) is 0 Å². The number of rotatable bonds is 7. The van der Waals surface area contributed by atoms with Crippen molar-refractivity contribution in [3.05, 3.63) is 0 Å². The van der Waals surface area contributed by atoms with E-state index in [1.165, 1.54) is 0 Å². The average Bonchev–Trinajstić information content (AvgIpc) is 2.09. The molecule has 0 fully saturated rings. The van der Waals surface area contributed by atoms with Crippen molar-refractivity contribution in [2.24, 2.45) is 0 Å². The monoisotopic (exact) mass is 189 g/mol. The summed E-state index contributed by atoms with van der Waals surface area (Å²) < 4.78 is 4.92. The summed E-state index contributed by atoms with van der Waals surface area (Å²) in [4.78, 5) is 12.5. The largest absolute Gasteiger partial charge is 0.481 e. The quantitative estimate of drug-likeness (QED) is 0.644. The molecule has 0 spiro atoms. The molecule has 0 aromatic rings. The Labute approximate surface area is 79.5 Å². The van der Waals surface area contributed by atoms with Crippen molar-refractivity contribution in [3.8, 4) is 0 Å². The Balaban J connectivity index is 3.84. The van der Waals surface area contributed by atoms with Crippen molar-refractivity contribution < 1.29 is 14.6 Å². The SMILES string of the molecule is CCC(CC(=O)O)N(C)CCOC. The summed E-state index contributed by atoms with van der Waals surface area (Å²) in [6.07, 6.45) is 1.06. The topological polar surface area (TPSA) is 49.8 Å². The first-order valence-electron chi connectivity index (χ1n) is 4.52. The number of carboxylic acids is 1. The summed E-state index contributed by atoms with van der Waals surface area (Å²) in [5, 5.41) is 8.63. The third-order valence-corrected chi connectivity index (χ3v) is 2.15. The Bertz CT molecular complexity index is 150. The maximum absolute atomic E-state index is 10.5. The van der Waals surface area contributed by atoms with Gasteiger partial charge in [0.05, 0.1) is 13.0 Å². The van der Waals surface area contributed by atoms with Crippen molar-refractivity contribution in [3.63, 3.8) is 0 Å². The zero-order chi connectivity index (χ0) is 10.3. The molecule has 0 radical (unpaired) electrons. The zero-order valence-electron chi connectivity index (χ0n) is 8.62. The Kier molecular flexibility index (Phi) is 6.54. The van der Waals surface area contributed by atoms with E-state index in [-0.39, 0.29) is 12.5 Å². The Morgan fingerprint density at radius 1 is 1.62 bits per heavy atom. The standard InChI is InChI=1S/C9H19NO3/c1-4-8(7-9(11)12)10(2)5-6-13-3/h8H,4-7H2,1-3H3,(H,11,12). The van der Waals surface area contributed by atoms with Gasteiger partial charge in [-0.25, -0.2) is 0 Å². The second-order valence-corrected chi connectivity index (χ2v) is 3.13. The second-order valence-electron chi connectivity index (χ2n) is 3.13. The van der Waals surface area contributed by atoms with Crippen LogP contribution in [0.2, 0.25) is 0 Å². The first-order chi connectivity index (χ1) is 6.11. The number of carboxylic acid groups (broad SMARTS) is 1. The van der Waals surface area contributed by atoms with E-state index in [4.69, 9.17) is 9.84 Å². The van der Waals surface area contributed by atoms with Gasteiger partial charge in [-0.2, -0.15) is 0 Å². The second kappa shape index (κ2) is 6.86. The highest BCUT2D eigenvalue weighted by Crippen LogP contribution is 2.05. The van der Waals surface area contributed by atoms with Gasteiger partial charge in [0.1, 0.15) is 0 Å². The molecule has 0 bridgehead atoms. The minimum atomic E-state index is -0.740. The first-order valence-corrected chi connectivity index (χ1v) is 4.52. The Morgan fingerprint density at radius 2 is 2.23 bits per heavy atom. The van der Waals surface area contributed by atoms with Crippen molar-refractivity contribution in [1.82, 2.24) is 4.90 Å². The fourth-order valence-electron chi connectivity index (χ4n) is 1.23. The van der Waals surface area contributed by atoms with E-state index in [2.05, 4.69) is 0 Å². The lowest BCUT2D eigenvalue weighted by atomic mass is 10.1. The van der Waals surface area contributed by atoms with Gasteiger partial charge >= 0.3 is 5.97 Å². The number of aliphatic carboxylic acids is 1. The van der Waals surface area contributed by atoms with E-state index in [9.17, 15) is 4.79 Å². The van der Waals surface area contributed by atoms with Crippen molar-refractivity contribution in [2.75, 3.05) is 27.3 Å². The van der Waals surface area contributed by atoms with Crippen LogP contribution in [-0.4, -0.2) is 49.3 Å². The zero-order valence-corrected chi connectivity index (χ0v) is 8.62.